The molecule has 0 fully saturated rings. The van der Waals surface area contributed by atoms with E-state index in [0.717, 1.165) is 28.6 Å². The highest BCUT2D eigenvalue weighted by Gasteiger charge is 2.26. The summed E-state index contributed by atoms with van der Waals surface area (Å²) in [6, 6.07) is 15.8. The van der Waals surface area contributed by atoms with Gasteiger partial charge in [-0.15, -0.1) is 0 Å². The Bertz CT molecular complexity index is 1120. The van der Waals surface area contributed by atoms with Gasteiger partial charge in [-0.25, -0.2) is 4.79 Å². The van der Waals surface area contributed by atoms with Crippen LogP contribution in [-0.2, 0) is 11.3 Å². The lowest BCUT2D eigenvalue weighted by molar-refractivity contribution is 0.0524. The van der Waals surface area contributed by atoms with Gasteiger partial charge in [0, 0.05) is 25.5 Å². The van der Waals surface area contributed by atoms with Crippen molar-refractivity contribution in [3.63, 3.8) is 0 Å². The Morgan fingerprint density at radius 1 is 1.03 bits per heavy atom. The Kier molecular flexibility index (Phi) is 7.13. The fourth-order valence-electron chi connectivity index (χ4n) is 3.72. The molecule has 6 heteroatoms. The van der Waals surface area contributed by atoms with E-state index in [1.165, 1.54) is 0 Å². The second-order valence-corrected chi connectivity index (χ2v) is 8.07. The molecule has 0 saturated heterocycles. The van der Waals surface area contributed by atoms with E-state index in [9.17, 15) is 9.59 Å². The molecule has 1 aromatic heterocycles. The number of pyridine rings is 1. The van der Waals surface area contributed by atoms with Crippen molar-refractivity contribution >= 4 is 22.6 Å². The van der Waals surface area contributed by atoms with E-state index in [1.54, 1.807) is 11.5 Å². The minimum Gasteiger partial charge on any atom is -0.462 e. The molecule has 0 spiro atoms. The number of fused-ring (bicyclic) bond motifs is 1. The van der Waals surface area contributed by atoms with E-state index < -0.39 is 5.97 Å². The molecule has 0 aliphatic rings. The molecule has 0 aliphatic carbocycles. The van der Waals surface area contributed by atoms with Crippen molar-refractivity contribution in [2.24, 2.45) is 0 Å². The van der Waals surface area contributed by atoms with E-state index in [0.29, 0.717) is 18.8 Å². The molecule has 0 saturated carbocycles. The summed E-state index contributed by atoms with van der Waals surface area (Å²) in [7, 11) is 5.92. The molecule has 0 N–H and O–H groups in total. The van der Waals surface area contributed by atoms with Gasteiger partial charge >= 0.3 is 5.97 Å². The monoisotopic (exact) mass is 421 g/mol. The molecule has 6 nitrogen and oxygen atoms in total. The summed E-state index contributed by atoms with van der Waals surface area (Å²) >= 11 is 0. The van der Waals surface area contributed by atoms with Gasteiger partial charge in [-0.05, 0) is 45.6 Å². The van der Waals surface area contributed by atoms with Crippen LogP contribution in [0.3, 0.4) is 0 Å². The van der Waals surface area contributed by atoms with Crippen molar-refractivity contribution < 1.29 is 9.53 Å². The number of aromatic nitrogens is 1. The minimum absolute atomic E-state index is 0.0946. The van der Waals surface area contributed by atoms with Gasteiger partial charge in [0.05, 0.1) is 24.4 Å². The Balaban J connectivity index is 2.30. The fraction of sp³-hybridized carbons (Fsp3) is 0.360. The van der Waals surface area contributed by atoms with Crippen LogP contribution in [0.15, 0.2) is 53.3 Å². The second kappa shape index (κ2) is 9.79. The van der Waals surface area contributed by atoms with Crippen molar-refractivity contribution in [3.8, 4) is 0 Å². The molecule has 0 aliphatic heterocycles. The molecular weight excluding hydrogens is 390 g/mol. The van der Waals surface area contributed by atoms with Crippen molar-refractivity contribution in [1.29, 1.82) is 0 Å². The number of rotatable bonds is 8. The topological polar surface area (TPSA) is 54.8 Å². The summed E-state index contributed by atoms with van der Waals surface area (Å²) in [5.74, 6) is -0.579. The highest BCUT2D eigenvalue weighted by atomic mass is 16.5. The maximum absolute atomic E-state index is 13.7. The van der Waals surface area contributed by atoms with Crippen molar-refractivity contribution in [2.45, 2.75) is 20.4 Å². The first-order valence-corrected chi connectivity index (χ1v) is 10.6. The zero-order valence-electron chi connectivity index (χ0n) is 19.0. The number of hydrogen-bond donors (Lipinski definition) is 0. The lowest BCUT2D eigenvalue weighted by Gasteiger charge is -2.26. The SMILES string of the molecule is CCOC(=O)c1c(N(C)CCN(C)C)c2cc(C)ccc2n(Cc2ccccc2)c1=O. The molecule has 2 aromatic carbocycles. The van der Waals surface area contributed by atoms with Crippen LogP contribution in [0.2, 0.25) is 0 Å². The molecule has 0 unspecified atom stereocenters. The fourth-order valence-corrected chi connectivity index (χ4v) is 3.72. The molecule has 0 bridgehead atoms. The first-order valence-electron chi connectivity index (χ1n) is 10.6. The number of nitrogens with zero attached hydrogens (tertiary/aromatic N) is 3. The Morgan fingerprint density at radius 2 is 1.74 bits per heavy atom. The summed E-state index contributed by atoms with van der Waals surface area (Å²) in [4.78, 5) is 30.7. The van der Waals surface area contributed by atoms with E-state index in [1.807, 2.05) is 81.5 Å². The number of hydrogen-bond acceptors (Lipinski definition) is 5. The predicted molar refractivity (Wildman–Crippen MR) is 126 cm³/mol. The summed E-state index contributed by atoms with van der Waals surface area (Å²) in [5, 5.41) is 0.875. The van der Waals surface area contributed by atoms with E-state index >= 15 is 0 Å². The Hall–Kier alpha value is -3.12. The molecule has 3 rings (SSSR count). The van der Waals surface area contributed by atoms with Crippen LogP contribution < -0.4 is 10.5 Å². The second-order valence-electron chi connectivity index (χ2n) is 8.07. The first kappa shape index (κ1) is 22.6. The third-order valence-corrected chi connectivity index (χ3v) is 5.32. The quantitative estimate of drug-likeness (QED) is 0.521. The molecule has 0 atom stereocenters. The number of anilines is 1. The number of likely N-dealkylation sites (N-methyl/N-ethyl adjacent to an activating group) is 2. The van der Waals surface area contributed by atoms with Gasteiger partial charge in [0.2, 0.25) is 0 Å². The van der Waals surface area contributed by atoms with E-state index in [4.69, 9.17) is 4.74 Å². The Labute approximate surface area is 183 Å². The number of benzene rings is 2. The molecular formula is C25H31N3O3. The molecule has 31 heavy (non-hydrogen) atoms. The zero-order chi connectivity index (χ0) is 22.5. The van der Waals surface area contributed by atoms with Gasteiger partial charge in [-0.1, -0.05) is 42.0 Å². The maximum atomic E-state index is 13.7. The van der Waals surface area contributed by atoms with Crippen LogP contribution in [-0.4, -0.2) is 56.3 Å². The van der Waals surface area contributed by atoms with Gasteiger partial charge in [0.15, 0.2) is 0 Å². The number of esters is 1. The van der Waals surface area contributed by atoms with Crippen LogP contribution >= 0.6 is 0 Å². The number of aryl methyl sites for hydroxylation is 1. The standard InChI is InChI=1S/C25H31N3O3/c1-6-31-25(30)22-23(27(5)15-14-26(3)4)20-16-18(2)12-13-21(20)28(24(22)29)17-19-10-8-7-9-11-19/h7-13,16H,6,14-15,17H2,1-5H3. The zero-order valence-corrected chi connectivity index (χ0v) is 19.0. The van der Waals surface area contributed by atoms with Gasteiger partial charge < -0.3 is 19.1 Å². The van der Waals surface area contributed by atoms with Gasteiger partial charge in [0.1, 0.15) is 5.56 Å². The minimum atomic E-state index is -0.579. The summed E-state index contributed by atoms with van der Waals surface area (Å²) in [5.41, 5.74) is 3.26. The average molecular weight is 422 g/mol. The largest absolute Gasteiger partial charge is 0.462 e. The van der Waals surface area contributed by atoms with Crippen molar-refractivity contribution in [2.75, 3.05) is 45.7 Å². The number of carbonyl (C=O) groups is 1. The normalized spacial score (nSPS) is 11.2. The average Bonchev–Trinajstić information content (AvgIpc) is 2.74. The van der Waals surface area contributed by atoms with Gasteiger partial charge in [-0.2, -0.15) is 0 Å². The van der Waals surface area contributed by atoms with Gasteiger partial charge in [-0.3, -0.25) is 4.79 Å². The molecule has 3 aromatic rings. The van der Waals surface area contributed by atoms with Crippen LogP contribution in [0, 0.1) is 6.92 Å². The lowest BCUT2D eigenvalue weighted by atomic mass is 10.0. The van der Waals surface area contributed by atoms with Crippen molar-refractivity contribution in [1.82, 2.24) is 9.47 Å². The number of carbonyl (C=O) groups excluding carboxylic acids is 1. The van der Waals surface area contributed by atoms with Crippen LogP contribution in [0.5, 0.6) is 0 Å². The molecule has 0 radical (unpaired) electrons. The third-order valence-electron chi connectivity index (χ3n) is 5.32. The molecule has 164 valence electrons. The van der Waals surface area contributed by atoms with E-state index in [2.05, 4.69) is 4.90 Å². The Morgan fingerprint density at radius 3 is 2.39 bits per heavy atom. The predicted octanol–water partition coefficient (Wildman–Crippen LogP) is 3.53. The van der Waals surface area contributed by atoms with Crippen LogP contribution in [0.25, 0.3) is 10.9 Å². The smallest absolute Gasteiger partial charge is 0.345 e. The third kappa shape index (κ3) is 4.97. The molecule has 1 heterocycles. The number of ether oxygens (including phenoxy) is 1. The lowest BCUT2D eigenvalue weighted by Crippen LogP contribution is -2.35. The summed E-state index contributed by atoms with van der Waals surface area (Å²) in [6.45, 7) is 5.82. The summed E-state index contributed by atoms with van der Waals surface area (Å²) < 4.78 is 7.00. The van der Waals surface area contributed by atoms with Crippen LogP contribution in [0.4, 0.5) is 5.69 Å². The highest BCUT2D eigenvalue weighted by Crippen LogP contribution is 2.30. The first-order chi connectivity index (χ1) is 14.8. The van der Waals surface area contributed by atoms with Crippen LogP contribution in [0.1, 0.15) is 28.4 Å². The molecule has 0 amide bonds. The summed E-state index contributed by atoms with van der Waals surface area (Å²) in [6.07, 6.45) is 0. The van der Waals surface area contributed by atoms with Crippen molar-refractivity contribution in [3.05, 3.63) is 75.6 Å². The maximum Gasteiger partial charge on any atom is 0.345 e. The van der Waals surface area contributed by atoms with E-state index in [-0.39, 0.29) is 17.7 Å². The van der Waals surface area contributed by atoms with Gasteiger partial charge in [0.25, 0.3) is 5.56 Å². The highest BCUT2D eigenvalue weighted by molar-refractivity contribution is 6.05.